The number of rotatable bonds is 1. The third kappa shape index (κ3) is 1.32. The number of aromatic nitrogens is 1. The van der Waals surface area contributed by atoms with Gasteiger partial charge in [0.25, 0.3) is 0 Å². The number of hydrogen-bond donors (Lipinski definition) is 1. The molecule has 1 aromatic heterocycles. The van der Waals surface area contributed by atoms with Crippen LogP contribution in [0.3, 0.4) is 0 Å². The zero-order valence-corrected chi connectivity index (χ0v) is 10.1. The Morgan fingerprint density at radius 2 is 2.00 bits per heavy atom. The van der Waals surface area contributed by atoms with E-state index in [1.807, 2.05) is 26.0 Å². The van der Waals surface area contributed by atoms with E-state index in [4.69, 9.17) is 16.7 Å². The Kier molecular flexibility index (Phi) is 2.43. The minimum absolute atomic E-state index is 0.183. The Morgan fingerprint density at radius 1 is 1.38 bits per heavy atom. The van der Waals surface area contributed by atoms with E-state index in [0.29, 0.717) is 5.39 Å². The van der Waals surface area contributed by atoms with Crippen molar-refractivity contribution in [2.75, 3.05) is 0 Å². The highest BCUT2D eigenvalue weighted by Crippen LogP contribution is 2.32. The van der Waals surface area contributed by atoms with E-state index in [9.17, 15) is 4.79 Å². The van der Waals surface area contributed by atoms with Crippen molar-refractivity contribution >= 4 is 28.5 Å². The van der Waals surface area contributed by atoms with E-state index in [1.54, 1.807) is 11.6 Å². The summed E-state index contributed by atoms with van der Waals surface area (Å²) >= 11 is 6.04. The molecule has 0 aliphatic carbocycles. The molecule has 0 atom stereocenters. The monoisotopic (exact) mass is 237 g/mol. The average Bonchev–Trinajstić information content (AvgIpc) is 2.46. The topological polar surface area (TPSA) is 42.2 Å². The quantitative estimate of drug-likeness (QED) is 0.828. The maximum atomic E-state index is 11.1. The van der Waals surface area contributed by atoms with Crippen LogP contribution in [0.25, 0.3) is 10.9 Å². The smallest absolute Gasteiger partial charge is 0.339 e. The Labute approximate surface area is 98.3 Å². The van der Waals surface area contributed by atoms with Crippen LogP contribution in [-0.4, -0.2) is 15.6 Å². The summed E-state index contributed by atoms with van der Waals surface area (Å²) in [5.41, 5.74) is 3.26. The van der Waals surface area contributed by atoms with Crippen molar-refractivity contribution in [3.05, 3.63) is 34.0 Å². The standard InChI is InChI=1S/C12H12ClNO2/c1-6-4-5-8-9(12(15)16)11(13)14(3)10(8)7(6)2/h4-5H,1-3H3,(H,15,16). The fourth-order valence-electron chi connectivity index (χ4n) is 2.02. The van der Waals surface area contributed by atoms with Crippen molar-refractivity contribution in [2.24, 2.45) is 7.05 Å². The van der Waals surface area contributed by atoms with Gasteiger partial charge in [-0.2, -0.15) is 0 Å². The Balaban J connectivity index is 3.01. The molecule has 1 heterocycles. The molecule has 4 heteroatoms. The maximum Gasteiger partial charge on any atom is 0.339 e. The van der Waals surface area contributed by atoms with Gasteiger partial charge in [-0.3, -0.25) is 0 Å². The van der Waals surface area contributed by atoms with Crippen LogP contribution in [0.5, 0.6) is 0 Å². The SMILES string of the molecule is Cc1ccc2c(C(=O)O)c(Cl)n(C)c2c1C. The molecule has 0 radical (unpaired) electrons. The number of aryl methyl sites for hydroxylation is 3. The van der Waals surface area contributed by atoms with Gasteiger partial charge in [0, 0.05) is 12.4 Å². The molecule has 16 heavy (non-hydrogen) atoms. The molecular formula is C12H12ClNO2. The summed E-state index contributed by atoms with van der Waals surface area (Å²) in [5, 5.41) is 10.1. The first-order valence-corrected chi connectivity index (χ1v) is 5.30. The van der Waals surface area contributed by atoms with Gasteiger partial charge in [0.05, 0.1) is 5.52 Å². The Bertz CT molecular complexity index is 599. The first-order chi connectivity index (χ1) is 7.45. The van der Waals surface area contributed by atoms with E-state index in [0.717, 1.165) is 16.6 Å². The number of halogens is 1. The third-order valence-corrected chi connectivity index (χ3v) is 3.46. The van der Waals surface area contributed by atoms with Crippen LogP contribution in [0.4, 0.5) is 0 Å². The summed E-state index contributed by atoms with van der Waals surface area (Å²) in [6.07, 6.45) is 0. The highest BCUT2D eigenvalue weighted by atomic mass is 35.5. The van der Waals surface area contributed by atoms with Crippen molar-refractivity contribution in [3.8, 4) is 0 Å². The molecule has 0 aliphatic heterocycles. The van der Waals surface area contributed by atoms with Crippen LogP contribution >= 0.6 is 11.6 Å². The summed E-state index contributed by atoms with van der Waals surface area (Å²) in [7, 11) is 1.78. The molecule has 84 valence electrons. The van der Waals surface area contributed by atoms with E-state index in [2.05, 4.69) is 0 Å². The molecule has 1 aromatic carbocycles. The number of nitrogens with zero attached hydrogens (tertiary/aromatic N) is 1. The molecule has 0 fully saturated rings. The number of carboxylic acid groups (broad SMARTS) is 1. The Morgan fingerprint density at radius 3 is 2.56 bits per heavy atom. The lowest BCUT2D eigenvalue weighted by molar-refractivity contribution is 0.0699. The summed E-state index contributed by atoms with van der Waals surface area (Å²) in [4.78, 5) is 11.1. The van der Waals surface area contributed by atoms with Crippen molar-refractivity contribution in [1.29, 1.82) is 0 Å². The first-order valence-electron chi connectivity index (χ1n) is 4.92. The van der Waals surface area contributed by atoms with E-state index >= 15 is 0 Å². The molecule has 0 saturated carbocycles. The lowest BCUT2D eigenvalue weighted by Crippen LogP contribution is -1.96. The summed E-state index contributed by atoms with van der Waals surface area (Å²) in [6, 6.07) is 3.73. The summed E-state index contributed by atoms with van der Waals surface area (Å²) in [6.45, 7) is 3.97. The molecule has 0 saturated heterocycles. The average molecular weight is 238 g/mol. The van der Waals surface area contributed by atoms with Crippen LogP contribution in [0.2, 0.25) is 5.15 Å². The van der Waals surface area contributed by atoms with Crippen LogP contribution in [0.1, 0.15) is 21.5 Å². The van der Waals surface area contributed by atoms with Gasteiger partial charge < -0.3 is 9.67 Å². The molecule has 3 nitrogen and oxygen atoms in total. The predicted octanol–water partition coefficient (Wildman–Crippen LogP) is 3.15. The lowest BCUT2D eigenvalue weighted by atomic mass is 10.0. The van der Waals surface area contributed by atoms with E-state index in [1.165, 1.54) is 0 Å². The van der Waals surface area contributed by atoms with Gasteiger partial charge in [-0.25, -0.2) is 4.79 Å². The zero-order chi connectivity index (χ0) is 12.0. The number of carboxylic acids is 1. The highest BCUT2D eigenvalue weighted by Gasteiger charge is 2.20. The summed E-state index contributed by atoms with van der Waals surface area (Å²) < 4.78 is 1.72. The van der Waals surface area contributed by atoms with Gasteiger partial charge in [-0.15, -0.1) is 0 Å². The zero-order valence-electron chi connectivity index (χ0n) is 9.34. The molecule has 0 bridgehead atoms. The number of carbonyl (C=O) groups is 1. The molecule has 0 aliphatic rings. The second-order valence-electron chi connectivity index (χ2n) is 3.93. The van der Waals surface area contributed by atoms with Crippen LogP contribution in [-0.2, 0) is 7.05 Å². The number of hydrogen-bond acceptors (Lipinski definition) is 1. The Hall–Kier alpha value is -1.48. The van der Waals surface area contributed by atoms with Crippen molar-refractivity contribution < 1.29 is 9.90 Å². The van der Waals surface area contributed by atoms with Crippen LogP contribution < -0.4 is 0 Å². The van der Waals surface area contributed by atoms with Gasteiger partial charge >= 0.3 is 5.97 Å². The molecule has 0 unspecified atom stereocenters. The number of benzene rings is 1. The van der Waals surface area contributed by atoms with E-state index in [-0.39, 0.29) is 10.7 Å². The van der Waals surface area contributed by atoms with Gasteiger partial charge in [-0.1, -0.05) is 23.7 Å². The fraction of sp³-hybridized carbons (Fsp3) is 0.250. The summed E-state index contributed by atoms with van der Waals surface area (Å²) in [5.74, 6) is -0.987. The molecular weight excluding hydrogens is 226 g/mol. The molecule has 2 rings (SSSR count). The molecule has 0 spiro atoms. The highest BCUT2D eigenvalue weighted by molar-refractivity contribution is 6.35. The normalized spacial score (nSPS) is 11.0. The van der Waals surface area contributed by atoms with Gasteiger partial charge in [0.15, 0.2) is 0 Å². The molecule has 0 amide bonds. The molecule has 2 aromatic rings. The van der Waals surface area contributed by atoms with Gasteiger partial charge in [0.2, 0.25) is 0 Å². The second kappa shape index (κ2) is 3.52. The lowest BCUT2D eigenvalue weighted by Gasteiger charge is -2.04. The third-order valence-electron chi connectivity index (χ3n) is 3.02. The van der Waals surface area contributed by atoms with E-state index < -0.39 is 5.97 Å². The van der Waals surface area contributed by atoms with Crippen molar-refractivity contribution in [2.45, 2.75) is 13.8 Å². The minimum Gasteiger partial charge on any atom is -0.478 e. The van der Waals surface area contributed by atoms with Crippen molar-refractivity contribution in [3.63, 3.8) is 0 Å². The van der Waals surface area contributed by atoms with Gasteiger partial charge in [0.1, 0.15) is 10.7 Å². The minimum atomic E-state index is -0.987. The maximum absolute atomic E-state index is 11.1. The largest absolute Gasteiger partial charge is 0.478 e. The number of aromatic carboxylic acids is 1. The van der Waals surface area contributed by atoms with Gasteiger partial charge in [-0.05, 0) is 25.0 Å². The predicted molar refractivity (Wildman–Crippen MR) is 64.4 cm³/mol. The number of fused-ring (bicyclic) bond motifs is 1. The van der Waals surface area contributed by atoms with Crippen LogP contribution in [0.15, 0.2) is 12.1 Å². The first kappa shape index (κ1) is 11.0. The second-order valence-corrected chi connectivity index (χ2v) is 4.29. The van der Waals surface area contributed by atoms with Crippen LogP contribution in [0, 0.1) is 13.8 Å². The fourth-order valence-corrected chi connectivity index (χ4v) is 2.28. The molecule has 1 N–H and O–H groups in total. The van der Waals surface area contributed by atoms with Crippen molar-refractivity contribution in [1.82, 2.24) is 4.57 Å².